The predicted molar refractivity (Wildman–Crippen MR) is 120 cm³/mol. The Kier molecular flexibility index (Phi) is 7.17. The summed E-state index contributed by atoms with van der Waals surface area (Å²) in [6, 6.07) is 11.6. The molecule has 166 valence electrons. The van der Waals surface area contributed by atoms with Gasteiger partial charge in [-0.05, 0) is 44.0 Å². The number of aryl methyl sites for hydroxylation is 3. The number of para-hydroxylation sites is 2. The zero-order chi connectivity index (χ0) is 22.5. The topological polar surface area (TPSA) is 72.3 Å². The Morgan fingerprint density at radius 2 is 1.74 bits per heavy atom. The van der Waals surface area contributed by atoms with Crippen molar-refractivity contribution in [1.29, 1.82) is 0 Å². The monoisotopic (exact) mass is 426 g/mol. The van der Waals surface area contributed by atoms with Crippen molar-refractivity contribution in [1.82, 2.24) is 4.90 Å². The van der Waals surface area contributed by atoms with Crippen LogP contribution in [0, 0.1) is 20.8 Å². The van der Waals surface area contributed by atoms with Crippen LogP contribution in [0.25, 0.3) is 0 Å². The molecular formula is C24H32N3O4+. The number of amides is 2. The van der Waals surface area contributed by atoms with Crippen LogP contribution in [-0.2, 0) is 9.59 Å². The summed E-state index contributed by atoms with van der Waals surface area (Å²) in [5.74, 6) is 1.27. The molecule has 3 rings (SSSR count). The number of carbonyl (C=O) groups is 2. The van der Waals surface area contributed by atoms with Gasteiger partial charge in [-0.1, -0.05) is 29.8 Å². The molecule has 31 heavy (non-hydrogen) atoms. The van der Waals surface area contributed by atoms with Gasteiger partial charge in [-0.25, -0.2) is 0 Å². The van der Waals surface area contributed by atoms with Gasteiger partial charge in [0.2, 0.25) is 0 Å². The summed E-state index contributed by atoms with van der Waals surface area (Å²) < 4.78 is 11.6. The fraction of sp³-hybridized carbons (Fsp3) is 0.417. The van der Waals surface area contributed by atoms with Crippen LogP contribution in [0.5, 0.6) is 11.5 Å². The lowest BCUT2D eigenvalue weighted by molar-refractivity contribution is -0.862. The molecule has 0 aromatic heterocycles. The highest BCUT2D eigenvalue weighted by molar-refractivity contribution is 5.93. The van der Waals surface area contributed by atoms with Gasteiger partial charge in [-0.2, -0.15) is 0 Å². The highest BCUT2D eigenvalue weighted by atomic mass is 16.6. The third-order valence-corrected chi connectivity index (χ3v) is 5.33. The predicted octanol–water partition coefficient (Wildman–Crippen LogP) is 1.36. The Hall–Kier alpha value is -3.06. The van der Waals surface area contributed by atoms with E-state index in [4.69, 9.17) is 9.47 Å². The van der Waals surface area contributed by atoms with Gasteiger partial charge in [0.15, 0.2) is 30.7 Å². The van der Waals surface area contributed by atoms with Crippen molar-refractivity contribution < 1.29 is 24.0 Å². The van der Waals surface area contributed by atoms with Crippen molar-refractivity contribution in [2.75, 3.05) is 45.7 Å². The number of anilines is 1. The molecular weight excluding hydrogens is 394 g/mol. The number of hydrogen-bond donors (Lipinski definition) is 2. The normalized spacial score (nSPS) is 15.8. The number of hydrogen-bond acceptors (Lipinski definition) is 4. The van der Waals surface area contributed by atoms with Crippen molar-refractivity contribution in [3.05, 3.63) is 53.1 Å². The van der Waals surface area contributed by atoms with E-state index in [1.54, 1.807) is 11.9 Å². The molecule has 1 unspecified atom stereocenters. The standard InChI is InChI=1S/C24H31N3O4/c1-16-10-17(2)24(18(3)11-16)25-22(28)13-26(4)14-23(29)27(5)12-19-15-30-20-8-6-7-9-21(20)31-19/h6-11,19H,12-15H2,1-5H3,(H,25,28)/p+1/t19-/m1/s1. The van der Waals surface area contributed by atoms with Crippen LogP contribution in [0.4, 0.5) is 5.69 Å². The van der Waals surface area contributed by atoms with Crippen molar-refractivity contribution in [2.24, 2.45) is 0 Å². The van der Waals surface area contributed by atoms with Gasteiger partial charge < -0.3 is 24.6 Å². The minimum absolute atomic E-state index is 0.0459. The lowest BCUT2D eigenvalue weighted by Gasteiger charge is -2.29. The van der Waals surface area contributed by atoms with E-state index in [0.717, 1.165) is 27.5 Å². The lowest BCUT2D eigenvalue weighted by atomic mass is 10.1. The molecule has 2 aromatic rings. The van der Waals surface area contributed by atoms with E-state index in [2.05, 4.69) is 5.32 Å². The molecule has 1 aliphatic rings. The fourth-order valence-electron chi connectivity index (χ4n) is 3.85. The maximum Gasteiger partial charge on any atom is 0.279 e. The summed E-state index contributed by atoms with van der Waals surface area (Å²) in [6.07, 6.45) is -0.222. The van der Waals surface area contributed by atoms with Gasteiger partial charge in [-0.3, -0.25) is 9.59 Å². The van der Waals surface area contributed by atoms with Crippen LogP contribution >= 0.6 is 0 Å². The molecule has 1 aliphatic heterocycles. The summed E-state index contributed by atoms with van der Waals surface area (Å²) >= 11 is 0. The van der Waals surface area contributed by atoms with Gasteiger partial charge >= 0.3 is 0 Å². The summed E-state index contributed by atoms with van der Waals surface area (Å²) in [6.45, 7) is 7.27. The third kappa shape index (κ3) is 5.98. The zero-order valence-corrected chi connectivity index (χ0v) is 19.0. The van der Waals surface area contributed by atoms with Gasteiger partial charge in [0.1, 0.15) is 6.61 Å². The average Bonchev–Trinajstić information content (AvgIpc) is 2.70. The Balaban J connectivity index is 1.47. The van der Waals surface area contributed by atoms with Gasteiger partial charge in [-0.15, -0.1) is 0 Å². The average molecular weight is 427 g/mol. The number of ether oxygens (including phenoxy) is 2. The van der Waals surface area contributed by atoms with Crippen LogP contribution < -0.4 is 19.7 Å². The quantitative estimate of drug-likeness (QED) is 0.702. The number of carbonyl (C=O) groups excluding carboxylic acids is 2. The van der Waals surface area contributed by atoms with Gasteiger partial charge in [0.25, 0.3) is 11.8 Å². The molecule has 1 heterocycles. The second-order valence-electron chi connectivity index (χ2n) is 8.40. The van der Waals surface area contributed by atoms with Crippen LogP contribution in [0.15, 0.2) is 36.4 Å². The molecule has 0 bridgehead atoms. The lowest BCUT2D eigenvalue weighted by Crippen LogP contribution is -3.11. The number of quaternary nitrogens is 1. The van der Waals surface area contributed by atoms with Crippen LogP contribution in [0.3, 0.4) is 0 Å². The molecule has 0 radical (unpaired) electrons. The summed E-state index contributed by atoms with van der Waals surface area (Å²) in [5.41, 5.74) is 4.09. The highest BCUT2D eigenvalue weighted by Gasteiger charge is 2.25. The molecule has 0 saturated heterocycles. The van der Waals surface area contributed by atoms with Crippen molar-refractivity contribution in [2.45, 2.75) is 26.9 Å². The molecule has 2 aromatic carbocycles. The molecule has 0 spiro atoms. The Morgan fingerprint density at radius 1 is 1.10 bits per heavy atom. The van der Waals surface area contributed by atoms with Crippen molar-refractivity contribution in [3.8, 4) is 11.5 Å². The third-order valence-electron chi connectivity index (χ3n) is 5.33. The van der Waals surface area contributed by atoms with E-state index in [1.165, 1.54) is 5.56 Å². The first-order valence-corrected chi connectivity index (χ1v) is 10.5. The number of nitrogens with one attached hydrogen (secondary N) is 2. The number of benzene rings is 2. The van der Waals surface area contributed by atoms with Gasteiger partial charge in [0.05, 0.1) is 13.6 Å². The van der Waals surface area contributed by atoms with Crippen LogP contribution in [0.1, 0.15) is 16.7 Å². The van der Waals surface area contributed by atoms with Gasteiger partial charge in [0, 0.05) is 12.7 Å². The first kappa shape index (κ1) is 22.6. The first-order chi connectivity index (χ1) is 14.7. The summed E-state index contributed by atoms with van der Waals surface area (Å²) in [5, 5.41) is 2.99. The Labute approximate surface area is 183 Å². The Morgan fingerprint density at radius 3 is 2.42 bits per heavy atom. The molecule has 2 N–H and O–H groups in total. The smallest absolute Gasteiger partial charge is 0.279 e. The minimum Gasteiger partial charge on any atom is -0.486 e. The molecule has 2 amide bonds. The maximum absolute atomic E-state index is 12.6. The number of nitrogens with zero attached hydrogens (tertiary/aromatic N) is 1. The van der Waals surface area contributed by atoms with Crippen molar-refractivity contribution >= 4 is 17.5 Å². The second kappa shape index (κ2) is 9.83. The zero-order valence-electron chi connectivity index (χ0n) is 19.0. The fourth-order valence-corrected chi connectivity index (χ4v) is 3.85. The molecule has 0 saturated carbocycles. The largest absolute Gasteiger partial charge is 0.486 e. The highest BCUT2D eigenvalue weighted by Crippen LogP contribution is 2.30. The number of likely N-dealkylation sites (N-methyl/N-ethyl adjacent to an activating group) is 2. The van der Waals surface area contributed by atoms with E-state index < -0.39 is 0 Å². The molecule has 0 aliphatic carbocycles. The second-order valence-corrected chi connectivity index (χ2v) is 8.40. The molecule has 2 atom stereocenters. The van der Waals surface area contributed by atoms with E-state index in [-0.39, 0.29) is 31.0 Å². The summed E-state index contributed by atoms with van der Waals surface area (Å²) in [7, 11) is 3.59. The molecule has 7 heteroatoms. The maximum atomic E-state index is 12.6. The van der Waals surface area contributed by atoms with Crippen molar-refractivity contribution in [3.63, 3.8) is 0 Å². The Bertz CT molecular complexity index is 937. The molecule has 7 nitrogen and oxygen atoms in total. The first-order valence-electron chi connectivity index (χ1n) is 10.5. The SMILES string of the molecule is Cc1cc(C)c(NC(=O)C[NH+](C)CC(=O)N(C)C[C@@H]2COc3ccccc3O2)c(C)c1. The van der Waals surface area contributed by atoms with Crippen LogP contribution in [-0.4, -0.2) is 63.2 Å². The van der Waals surface area contributed by atoms with E-state index in [1.807, 2.05) is 64.2 Å². The minimum atomic E-state index is -0.222. The number of fused-ring (bicyclic) bond motifs is 1. The molecule has 0 fully saturated rings. The number of rotatable bonds is 7. The van der Waals surface area contributed by atoms with Crippen LogP contribution in [0.2, 0.25) is 0 Å². The van der Waals surface area contributed by atoms with E-state index >= 15 is 0 Å². The van der Waals surface area contributed by atoms with E-state index in [0.29, 0.717) is 18.9 Å². The van der Waals surface area contributed by atoms with E-state index in [9.17, 15) is 9.59 Å². The summed E-state index contributed by atoms with van der Waals surface area (Å²) in [4.78, 5) is 27.6.